The van der Waals surface area contributed by atoms with Crippen molar-refractivity contribution in [3.63, 3.8) is 0 Å². The first kappa shape index (κ1) is 11.9. The van der Waals surface area contributed by atoms with Gasteiger partial charge in [0.1, 0.15) is 0 Å². The number of rotatable bonds is 3. The van der Waals surface area contributed by atoms with Gasteiger partial charge in [-0.15, -0.1) is 5.10 Å². The topological polar surface area (TPSA) is 33.4 Å². The first-order chi connectivity index (χ1) is 8.72. The van der Waals surface area contributed by atoms with Crippen LogP contribution in [0.2, 0.25) is 5.28 Å². The molecule has 0 saturated carbocycles. The van der Waals surface area contributed by atoms with Gasteiger partial charge in [-0.1, -0.05) is 0 Å². The highest BCUT2D eigenvalue weighted by Gasteiger charge is 2.19. The van der Waals surface area contributed by atoms with Gasteiger partial charge in [-0.25, -0.2) is 9.50 Å². The van der Waals surface area contributed by atoms with Crippen LogP contribution in [-0.2, 0) is 6.42 Å². The summed E-state index contributed by atoms with van der Waals surface area (Å²) in [5.74, 6) is 0.791. The number of hydrogen-bond acceptors (Lipinski definition) is 3. The summed E-state index contributed by atoms with van der Waals surface area (Å²) in [6.45, 7) is 2.42. The largest absolute Gasteiger partial charge is 0.306 e. The number of halogens is 1. The number of fused-ring (bicyclic) bond motifs is 1. The molecule has 1 saturated heterocycles. The molecule has 2 aromatic heterocycles. The van der Waals surface area contributed by atoms with Gasteiger partial charge in [0.15, 0.2) is 0 Å². The van der Waals surface area contributed by atoms with Crippen LogP contribution in [0, 0.1) is 5.92 Å². The maximum atomic E-state index is 5.95. The number of nitrogens with zero attached hydrogens (tertiary/aromatic N) is 4. The van der Waals surface area contributed by atoms with E-state index < -0.39 is 0 Å². The molecule has 96 valence electrons. The van der Waals surface area contributed by atoms with Crippen LogP contribution in [0.5, 0.6) is 0 Å². The molecule has 1 fully saturated rings. The van der Waals surface area contributed by atoms with Crippen LogP contribution >= 0.6 is 11.6 Å². The third kappa shape index (κ3) is 2.35. The first-order valence-electron chi connectivity index (χ1n) is 6.40. The van der Waals surface area contributed by atoms with Gasteiger partial charge in [-0.2, -0.15) is 0 Å². The molecule has 0 spiro atoms. The highest BCUT2D eigenvalue weighted by atomic mass is 35.5. The summed E-state index contributed by atoms with van der Waals surface area (Å²) in [4.78, 5) is 6.77. The molecule has 2 aromatic rings. The molecule has 0 amide bonds. The summed E-state index contributed by atoms with van der Waals surface area (Å²) >= 11 is 5.95. The van der Waals surface area contributed by atoms with Gasteiger partial charge in [-0.05, 0) is 62.5 Å². The molecular formula is C13H17ClN4. The molecule has 1 aliphatic heterocycles. The lowest BCUT2D eigenvalue weighted by Gasteiger charge is -2.10. The standard InChI is InChI=1S/C13H17ClN4/c1-17-8-6-10(9-17)4-5-11-12-3-2-7-18(12)16-13(14)15-11/h2-3,7,10H,4-6,8-9H2,1H3. The van der Waals surface area contributed by atoms with Gasteiger partial charge in [0.2, 0.25) is 5.28 Å². The Morgan fingerprint density at radius 1 is 1.50 bits per heavy atom. The molecule has 0 aromatic carbocycles. The van der Waals surface area contributed by atoms with Crippen LogP contribution in [0.3, 0.4) is 0 Å². The van der Waals surface area contributed by atoms with Gasteiger partial charge < -0.3 is 4.90 Å². The zero-order valence-corrected chi connectivity index (χ0v) is 11.3. The molecule has 18 heavy (non-hydrogen) atoms. The van der Waals surface area contributed by atoms with Crippen molar-refractivity contribution in [3.8, 4) is 0 Å². The van der Waals surface area contributed by atoms with Crippen molar-refractivity contribution in [1.29, 1.82) is 0 Å². The van der Waals surface area contributed by atoms with Gasteiger partial charge in [0.25, 0.3) is 0 Å². The SMILES string of the molecule is CN1CCC(CCc2nc(Cl)nn3cccc23)C1. The predicted octanol–water partition coefficient (Wildman–Crippen LogP) is 2.27. The van der Waals surface area contributed by atoms with Crippen LogP contribution in [0.25, 0.3) is 5.52 Å². The van der Waals surface area contributed by atoms with Crippen LogP contribution < -0.4 is 0 Å². The minimum absolute atomic E-state index is 0.331. The molecule has 1 atom stereocenters. The predicted molar refractivity (Wildman–Crippen MR) is 71.9 cm³/mol. The Hall–Kier alpha value is -1.13. The number of aryl methyl sites for hydroxylation is 1. The van der Waals surface area contributed by atoms with Crippen LogP contribution in [0.1, 0.15) is 18.5 Å². The fraction of sp³-hybridized carbons (Fsp3) is 0.538. The molecule has 1 unspecified atom stereocenters. The summed E-state index contributed by atoms with van der Waals surface area (Å²) in [6, 6.07) is 4.03. The van der Waals surface area contributed by atoms with Gasteiger partial charge in [0, 0.05) is 12.7 Å². The van der Waals surface area contributed by atoms with Crippen molar-refractivity contribution in [1.82, 2.24) is 19.5 Å². The molecule has 0 aliphatic carbocycles. The van der Waals surface area contributed by atoms with E-state index in [2.05, 4.69) is 22.0 Å². The Morgan fingerprint density at radius 3 is 3.17 bits per heavy atom. The second-order valence-electron chi connectivity index (χ2n) is 5.12. The summed E-state index contributed by atoms with van der Waals surface area (Å²) in [6.07, 6.45) is 5.37. The van der Waals surface area contributed by atoms with Gasteiger partial charge in [0.05, 0.1) is 11.2 Å². The number of hydrogen-bond donors (Lipinski definition) is 0. The van der Waals surface area contributed by atoms with Crippen molar-refractivity contribution in [2.45, 2.75) is 19.3 Å². The summed E-state index contributed by atoms with van der Waals surface area (Å²) in [5, 5.41) is 4.48. The lowest BCUT2D eigenvalue weighted by Crippen LogP contribution is -2.14. The summed E-state index contributed by atoms with van der Waals surface area (Å²) in [5.41, 5.74) is 2.14. The Labute approximate surface area is 112 Å². The van der Waals surface area contributed by atoms with Crippen molar-refractivity contribution in [2.75, 3.05) is 20.1 Å². The van der Waals surface area contributed by atoms with Crippen LogP contribution in [0.4, 0.5) is 0 Å². The molecular weight excluding hydrogens is 248 g/mol. The average molecular weight is 265 g/mol. The smallest absolute Gasteiger partial charge is 0.241 e. The van der Waals surface area contributed by atoms with E-state index in [0.29, 0.717) is 5.28 Å². The van der Waals surface area contributed by atoms with E-state index in [1.54, 1.807) is 0 Å². The number of likely N-dealkylation sites (tertiary alicyclic amines) is 1. The van der Waals surface area contributed by atoms with Crippen molar-refractivity contribution in [3.05, 3.63) is 29.3 Å². The van der Waals surface area contributed by atoms with Crippen LogP contribution in [-0.4, -0.2) is 39.6 Å². The van der Waals surface area contributed by atoms with Crippen molar-refractivity contribution < 1.29 is 0 Å². The van der Waals surface area contributed by atoms with Crippen LogP contribution in [0.15, 0.2) is 18.3 Å². The lowest BCUT2D eigenvalue weighted by molar-refractivity contribution is 0.388. The lowest BCUT2D eigenvalue weighted by atomic mass is 10.0. The monoisotopic (exact) mass is 264 g/mol. The molecule has 0 N–H and O–H groups in total. The normalized spacial score (nSPS) is 20.9. The van der Waals surface area contributed by atoms with E-state index in [0.717, 1.165) is 23.5 Å². The number of aromatic nitrogens is 3. The molecule has 5 heteroatoms. The van der Waals surface area contributed by atoms with Crippen molar-refractivity contribution >= 4 is 17.1 Å². The van der Waals surface area contributed by atoms with E-state index >= 15 is 0 Å². The molecule has 4 nitrogen and oxygen atoms in total. The van der Waals surface area contributed by atoms with E-state index in [1.807, 2.05) is 22.8 Å². The zero-order chi connectivity index (χ0) is 12.5. The average Bonchev–Trinajstić information content (AvgIpc) is 2.94. The van der Waals surface area contributed by atoms with E-state index in [1.165, 1.54) is 25.9 Å². The fourth-order valence-electron chi connectivity index (χ4n) is 2.75. The van der Waals surface area contributed by atoms with Gasteiger partial charge in [-0.3, -0.25) is 0 Å². The third-order valence-corrected chi connectivity index (χ3v) is 3.88. The van der Waals surface area contributed by atoms with E-state index in [-0.39, 0.29) is 0 Å². The Bertz CT molecular complexity index is 551. The second kappa shape index (κ2) is 4.86. The Kier molecular flexibility index (Phi) is 3.22. The zero-order valence-electron chi connectivity index (χ0n) is 10.5. The summed E-state index contributed by atoms with van der Waals surface area (Å²) < 4.78 is 1.81. The highest BCUT2D eigenvalue weighted by molar-refractivity contribution is 6.28. The molecule has 1 aliphatic rings. The first-order valence-corrected chi connectivity index (χ1v) is 6.78. The molecule has 3 rings (SSSR count). The maximum absolute atomic E-state index is 5.95. The Morgan fingerprint density at radius 2 is 2.39 bits per heavy atom. The molecule has 3 heterocycles. The van der Waals surface area contributed by atoms with E-state index in [4.69, 9.17) is 11.6 Å². The van der Waals surface area contributed by atoms with E-state index in [9.17, 15) is 0 Å². The maximum Gasteiger partial charge on any atom is 0.241 e. The summed E-state index contributed by atoms with van der Waals surface area (Å²) in [7, 11) is 2.19. The molecule has 0 bridgehead atoms. The quantitative estimate of drug-likeness (QED) is 0.853. The second-order valence-corrected chi connectivity index (χ2v) is 5.46. The van der Waals surface area contributed by atoms with Crippen molar-refractivity contribution in [2.24, 2.45) is 5.92 Å². The molecule has 0 radical (unpaired) electrons. The minimum Gasteiger partial charge on any atom is -0.306 e. The minimum atomic E-state index is 0.331. The highest BCUT2D eigenvalue weighted by Crippen LogP contribution is 2.21. The third-order valence-electron chi connectivity index (χ3n) is 3.72. The van der Waals surface area contributed by atoms with Gasteiger partial charge >= 0.3 is 0 Å². The fourth-order valence-corrected chi connectivity index (χ4v) is 2.94. The Balaban J connectivity index is 1.75.